The lowest BCUT2D eigenvalue weighted by atomic mass is 10.3. The van der Waals surface area contributed by atoms with E-state index in [0.29, 0.717) is 0 Å². The fraction of sp³-hybridized carbons (Fsp3) is 0.125. The first-order chi connectivity index (χ1) is 5.42. The lowest BCUT2D eigenvalue weighted by Crippen LogP contribution is -1.69. The number of aromatic nitrogens is 1. The highest BCUT2D eigenvalue weighted by Gasteiger charge is 1.99. The molecule has 0 atom stereocenters. The van der Waals surface area contributed by atoms with Gasteiger partial charge in [0.2, 0.25) is 0 Å². The Balaban J connectivity index is 2.79. The summed E-state index contributed by atoms with van der Waals surface area (Å²) in [4.78, 5) is 5.56. The van der Waals surface area contributed by atoms with E-state index in [4.69, 9.17) is 0 Å². The van der Waals surface area contributed by atoms with Gasteiger partial charge in [-0.1, -0.05) is 6.07 Å². The molecule has 1 heterocycles. The number of hydrogen-bond acceptors (Lipinski definition) is 3. The predicted octanol–water partition coefficient (Wildman–Crippen LogP) is 3.02. The summed E-state index contributed by atoms with van der Waals surface area (Å²) in [5.74, 6) is 0. The van der Waals surface area contributed by atoms with E-state index in [1.54, 1.807) is 23.1 Å². The van der Waals surface area contributed by atoms with Gasteiger partial charge in [0.15, 0.2) is 0 Å². The van der Waals surface area contributed by atoms with Crippen LogP contribution in [0.2, 0.25) is 0 Å². The number of benzene rings is 1. The second-order valence-electron chi connectivity index (χ2n) is 2.16. The van der Waals surface area contributed by atoms with Crippen LogP contribution in [-0.2, 0) is 0 Å². The number of thioether (sulfide) groups is 1. The van der Waals surface area contributed by atoms with Crippen LogP contribution < -0.4 is 0 Å². The number of hydrogen-bond donors (Lipinski definition) is 0. The molecule has 0 aliphatic rings. The zero-order valence-corrected chi connectivity index (χ0v) is 7.71. The quantitative estimate of drug-likeness (QED) is 0.627. The SMILES string of the molecule is CSc1cccc2ncsc12. The third-order valence-electron chi connectivity index (χ3n) is 1.54. The van der Waals surface area contributed by atoms with Gasteiger partial charge in [-0.05, 0) is 18.4 Å². The van der Waals surface area contributed by atoms with Gasteiger partial charge in [-0.3, -0.25) is 0 Å². The molecular weight excluding hydrogens is 174 g/mol. The molecule has 0 radical (unpaired) electrons. The number of fused-ring (bicyclic) bond motifs is 1. The summed E-state index contributed by atoms with van der Waals surface area (Å²) >= 11 is 3.48. The van der Waals surface area contributed by atoms with E-state index in [2.05, 4.69) is 17.3 Å². The molecule has 0 aliphatic heterocycles. The van der Waals surface area contributed by atoms with Crippen LogP contribution in [0.15, 0.2) is 28.6 Å². The van der Waals surface area contributed by atoms with Crippen molar-refractivity contribution in [2.45, 2.75) is 4.90 Å². The molecule has 0 amide bonds. The molecule has 0 unspecified atom stereocenters. The van der Waals surface area contributed by atoms with Crippen LogP contribution in [0.3, 0.4) is 0 Å². The van der Waals surface area contributed by atoms with Gasteiger partial charge in [0.05, 0.1) is 15.7 Å². The van der Waals surface area contributed by atoms with Crippen LogP contribution >= 0.6 is 23.1 Å². The average Bonchev–Trinajstić information content (AvgIpc) is 2.50. The maximum atomic E-state index is 4.23. The largest absolute Gasteiger partial charge is 0.245 e. The zero-order valence-electron chi connectivity index (χ0n) is 6.07. The van der Waals surface area contributed by atoms with Gasteiger partial charge < -0.3 is 0 Å². The van der Waals surface area contributed by atoms with Crippen LogP contribution in [0.1, 0.15) is 0 Å². The Morgan fingerprint density at radius 3 is 3.18 bits per heavy atom. The van der Waals surface area contributed by atoms with Crippen LogP contribution in [0.4, 0.5) is 0 Å². The van der Waals surface area contributed by atoms with Crippen molar-refractivity contribution in [3.05, 3.63) is 23.7 Å². The van der Waals surface area contributed by atoms with E-state index in [0.717, 1.165) is 5.52 Å². The molecule has 0 fully saturated rings. The molecule has 2 aromatic rings. The molecule has 0 aliphatic carbocycles. The Morgan fingerprint density at radius 2 is 2.36 bits per heavy atom. The number of nitrogens with zero attached hydrogens (tertiary/aromatic N) is 1. The third-order valence-corrected chi connectivity index (χ3v) is 3.33. The van der Waals surface area contributed by atoms with E-state index in [-0.39, 0.29) is 0 Å². The molecule has 2 rings (SSSR count). The molecule has 0 bridgehead atoms. The van der Waals surface area contributed by atoms with Gasteiger partial charge in [0.25, 0.3) is 0 Å². The maximum Gasteiger partial charge on any atom is 0.0823 e. The molecule has 3 heteroatoms. The summed E-state index contributed by atoms with van der Waals surface area (Å²) in [6, 6.07) is 6.23. The van der Waals surface area contributed by atoms with Crippen molar-refractivity contribution in [3.63, 3.8) is 0 Å². The number of rotatable bonds is 1. The van der Waals surface area contributed by atoms with Crippen molar-refractivity contribution in [3.8, 4) is 0 Å². The van der Waals surface area contributed by atoms with Crippen molar-refractivity contribution in [2.24, 2.45) is 0 Å². The summed E-state index contributed by atoms with van der Waals surface area (Å²) in [5, 5.41) is 0. The second kappa shape index (κ2) is 2.83. The molecule has 11 heavy (non-hydrogen) atoms. The molecule has 0 spiro atoms. The summed E-state index contributed by atoms with van der Waals surface area (Å²) in [5.41, 5.74) is 3.01. The lowest BCUT2D eigenvalue weighted by molar-refractivity contribution is 1.47. The Hall–Kier alpha value is -0.540. The Morgan fingerprint density at radius 1 is 1.45 bits per heavy atom. The summed E-state index contributed by atoms with van der Waals surface area (Å²) in [6.45, 7) is 0. The van der Waals surface area contributed by atoms with Gasteiger partial charge in [-0.15, -0.1) is 23.1 Å². The minimum Gasteiger partial charge on any atom is -0.245 e. The smallest absolute Gasteiger partial charge is 0.0823 e. The highest BCUT2D eigenvalue weighted by molar-refractivity contribution is 7.99. The summed E-state index contributed by atoms with van der Waals surface area (Å²) in [7, 11) is 0. The van der Waals surface area contributed by atoms with Gasteiger partial charge in [0.1, 0.15) is 0 Å². The van der Waals surface area contributed by atoms with E-state index in [9.17, 15) is 0 Å². The lowest BCUT2D eigenvalue weighted by Gasteiger charge is -1.94. The highest BCUT2D eigenvalue weighted by Crippen LogP contribution is 2.28. The molecule has 56 valence electrons. The molecule has 1 nitrogen and oxygen atoms in total. The van der Waals surface area contributed by atoms with Gasteiger partial charge in [0, 0.05) is 4.90 Å². The van der Waals surface area contributed by atoms with Crippen molar-refractivity contribution in [1.29, 1.82) is 0 Å². The topological polar surface area (TPSA) is 12.9 Å². The normalized spacial score (nSPS) is 10.6. The average molecular weight is 181 g/mol. The van der Waals surface area contributed by atoms with Crippen LogP contribution in [0.5, 0.6) is 0 Å². The Labute approximate surface area is 73.5 Å². The molecule has 0 saturated heterocycles. The van der Waals surface area contributed by atoms with E-state index in [1.165, 1.54) is 9.60 Å². The minimum atomic E-state index is 1.11. The molecule has 0 saturated carbocycles. The van der Waals surface area contributed by atoms with Crippen LogP contribution in [-0.4, -0.2) is 11.2 Å². The highest BCUT2D eigenvalue weighted by atomic mass is 32.2. The third kappa shape index (κ3) is 1.14. The van der Waals surface area contributed by atoms with Crippen LogP contribution in [0, 0.1) is 0 Å². The first kappa shape index (κ1) is 7.13. The predicted molar refractivity (Wildman–Crippen MR) is 51.4 cm³/mol. The Kier molecular flexibility index (Phi) is 1.84. The summed E-state index contributed by atoms with van der Waals surface area (Å²) < 4.78 is 1.31. The van der Waals surface area contributed by atoms with Crippen molar-refractivity contribution in [2.75, 3.05) is 6.26 Å². The molecule has 1 aromatic heterocycles. The summed E-state index contributed by atoms with van der Waals surface area (Å²) in [6.07, 6.45) is 2.09. The van der Waals surface area contributed by atoms with Gasteiger partial charge in [-0.25, -0.2) is 4.98 Å². The van der Waals surface area contributed by atoms with Crippen molar-refractivity contribution < 1.29 is 0 Å². The molecule has 0 N–H and O–H groups in total. The minimum absolute atomic E-state index is 1.11. The maximum absolute atomic E-state index is 4.23. The fourth-order valence-corrected chi connectivity index (χ4v) is 2.62. The van der Waals surface area contributed by atoms with Gasteiger partial charge >= 0.3 is 0 Å². The fourth-order valence-electron chi connectivity index (χ4n) is 1.02. The van der Waals surface area contributed by atoms with E-state index in [1.807, 2.05) is 17.6 Å². The van der Waals surface area contributed by atoms with Crippen molar-refractivity contribution >= 4 is 33.3 Å². The first-order valence-corrected chi connectivity index (χ1v) is 5.38. The van der Waals surface area contributed by atoms with E-state index >= 15 is 0 Å². The second-order valence-corrected chi connectivity index (χ2v) is 3.86. The number of thiazole rings is 1. The monoisotopic (exact) mass is 181 g/mol. The molecule has 1 aromatic carbocycles. The van der Waals surface area contributed by atoms with Gasteiger partial charge in [-0.2, -0.15) is 0 Å². The Bertz CT molecular complexity index is 367. The zero-order chi connectivity index (χ0) is 7.68. The standard InChI is InChI=1S/C8H7NS2/c1-10-7-4-2-3-6-8(7)11-5-9-6/h2-5H,1H3. The molecular formula is C8H7NS2. The van der Waals surface area contributed by atoms with Crippen LogP contribution in [0.25, 0.3) is 10.2 Å². The van der Waals surface area contributed by atoms with E-state index < -0.39 is 0 Å². The van der Waals surface area contributed by atoms with Crippen molar-refractivity contribution in [1.82, 2.24) is 4.98 Å². The first-order valence-electron chi connectivity index (χ1n) is 3.28.